The summed E-state index contributed by atoms with van der Waals surface area (Å²) in [6.07, 6.45) is 2.32. The fourth-order valence-corrected chi connectivity index (χ4v) is 4.43. The number of thiophene rings is 1. The van der Waals surface area contributed by atoms with Gasteiger partial charge in [0.1, 0.15) is 0 Å². The first-order valence-corrected chi connectivity index (χ1v) is 9.81. The molecule has 1 fully saturated rings. The lowest BCUT2D eigenvalue weighted by atomic mass is 10.2. The summed E-state index contributed by atoms with van der Waals surface area (Å²) in [5.74, 6) is 1.44. The number of carbonyl (C=O) groups is 1. The molecule has 0 bridgehead atoms. The minimum absolute atomic E-state index is 0.130. The van der Waals surface area contributed by atoms with Crippen molar-refractivity contribution in [3.63, 3.8) is 0 Å². The molecule has 0 aromatic carbocycles. The fraction of sp³-hybridized carbons (Fsp3) is 0.353. The smallest absolute Gasteiger partial charge is 0.192 e. The summed E-state index contributed by atoms with van der Waals surface area (Å²) in [6.45, 7) is 3.90. The Morgan fingerprint density at radius 3 is 2.88 bits per heavy atom. The largest absolute Gasteiger partial charge is 0.362 e. The summed E-state index contributed by atoms with van der Waals surface area (Å²) in [4.78, 5) is 16.8. The van der Waals surface area contributed by atoms with Crippen LogP contribution in [-0.4, -0.2) is 31.3 Å². The normalized spacial score (nSPS) is 14.2. The SMILES string of the molecule is Cc1cc(C(=O)CSc2nnc(-c3cccs3)n2C2CC2)c(C)[nH]1. The maximum absolute atomic E-state index is 12.5. The van der Waals surface area contributed by atoms with Crippen LogP contribution in [0.1, 0.15) is 40.6 Å². The van der Waals surface area contributed by atoms with E-state index in [4.69, 9.17) is 0 Å². The third-order valence-corrected chi connectivity index (χ3v) is 5.91. The minimum atomic E-state index is 0.130. The number of aromatic amines is 1. The third kappa shape index (κ3) is 2.93. The standard InChI is InChI=1S/C17H18N4OS2/c1-10-8-13(11(2)18-10)14(22)9-24-17-20-19-16(15-4-3-7-23-15)21(17)12-5-6-12/h3-4,7-8,12,18H,5-6,9H2,1-2H3. The summed E-state index contributed by atoms with van der Waals surface area (Å²) in [5, 5.41) is 11.6. The maximum atomic E-state index is 12.5. The van der Waals surface area contributed by atoms with E-state index in [-0.39, 0.29) is 5.78 Å². The van der Waals surface area contributed by atoms with Crippen molar-refractivity contribution in [3.05, 3.63) is 40.5 Å². The first-order valence-electron chi connectivity index (χ1n) is 7.94. The lowest BCUT2D eigenvalue weighted by Crippen LogP contribution is -2.05. The average Bonchev–Trinajstić information content (AvgIpc) is 2.98. The number of thioether (sulfide) groups is 1. The Labute approximate surface area is 148 Å². The number of nitrogens with zero attached hydrogens (tertiary/aromatic N) is 3. The molecule has 3 heterocycles. The van der Waals surface area contributed by atoms with Crippen LogP contribution in [0.4, 0.5) is 0 Å². The van der Waals surface area contributed by atoms with Crippen molar-refractivity contribution < 1.29 is 4.79 Å². The molecule has 0 radical (unpaired) electrons. The number of rotatable bonds is 6. The molecule has 1 aliphatic rings. The second kappa shape index (κ2) is 6.22. The maximum Gasteiger partial charge on any atom is 0.192 e. The van der Waals surface area contributed by atoms with Crippen LogP contribution in [0.15, 0.2) is 28.7 Å². The summed E-state index contributed by atoms with van der Waals surface area (Å²) < 4.78 is 2.21. The predicted octanol–water partition coefficient (Wildman–Crippen LogP) is 4.26. The lowest BCUT2D eigenvalue weighted by molar-refractivity contribution is 0.102. The summed E-state index contributed by atoms with van der Waals surface area (Å²) in [6, 6.07) is 6.49. The molecule has 0 saturated heterocycles. The topological polar surface area (TPSA) is 63.6 Å². The van der Waals surface area contributed by atoms with Crippen LogP contribution in [0.3, 0.4) is 0 Å². The zero-order valence-electron chi connectivity index (χ0n) is 13.6. The molecule has 3 aromatic heterocycles. The van der Waals surface area contributed by atoms with Gasteiger partial charge in [-0.2, -0.15) is 0 Å². The zero-order valence-corrected chi connectivity index (χ0v) is 15.2. The number of nitrogens with one attached hydrogen (secondary N) is 1. The van der Waals surface area contributed by atoms with Crippen LogP contribution in [0.25, 0.3) is 10.7 Å². The van der Waals surface area contributed by atoms with E-state index in [1.54, 1.807) is 11.3 Å². The van der Waals surface area contributed by atoms with Gasteiger partial charge in [0.25, 0.3) is 0 Å². The van der Waals surface area contributed by atoms with Gasteiger partial charge in [-0.1, -0.05) is 17.8 Å². The van der Waals surface area contributed by atoms with Crippen LogP contribution >= 0.6 is 23.1 Å². The van der Waals surface area contributed by atoms with Gasteiger partial charge < -0.3 is 4.98 Å². The number of hydrogen-bond donors (Lipinski definition) is 1. The van der Waals surface area contributed by atoms with E-state index in [2.05, 4.69) is 31.2 Å². The molecular formula is C17H18N4OS2. The monoisotopic (exact) mass is 358 g/mol. The average molecular weight is 358 g/mol. The van der Waals surface area contributed by atoms with Gasteiger partial charge in [0, 0.05) is 23.0 Å². The van der Waals surface area contributed by atoms with Gasteiger partial charge in [0.2, 0.25) is 0 Å². The van der Waals surface area contributed by atoms with E-state index in [9.17, 15) is 4.79 Å². The van der Waals surface area contributed by atoms with Crippen molar-refractivity contribution in [2.45, 2.75) is 37.9 Å². The fourth-order valence-electron chi connectivity index (χ4n) is 2.83. The zero-order chi connectivity index (χ0) is 16.7. The van der Waals surface area contributed by atoms with Crippen LogP contribution in [0.5, 0.6) is 0 Å². The van der Waals surface area contributed by atoms with Crippen LogP contribution < -0.4 is 0 Å². The number of carbonyl (C=O) groups excluding carboxylic acids is 1. The Balaban J connectivity index is 1.55. The number of hydrogen-bond acceptors (Lipinski definition) is 5. The highest BCUT2D eigenvalue weighted by Gasteiger charge is 2.30. The molecule has 3 aromatic rings. The Morgan fingerprint density at radius 1 is 1.42 bits per heavy atom. The summed E-state index contributed by atoms with van der Waals surface area (Å²) >= 11 is 3.16. The molecule has 1 N–H and O–H groups in total. The molecule has 0 atom stereocenters. The van der Waals surface area contributed by atoms with E-state index in [1.807, 2.05) is 26.0 Å². The van der Waals surface area contributed by atoms with Crippen LogP contribution in [0.2, 0.25) is 0 Å². The van der Waals surface area contributed by atoms with Gasteiger partial charge in [0.05, 0.1) is 10.6 Å². The molecule has 1 saturated carbocycles. The van der Waals surface area contributed by atoms with E-state index < -0.39 is 0 Å². The molecule has 4 rings (SSSR count). The van der Waals surface area contributed by atoms with Crippen molar-refractivity contribution in [1.82, 2.24) is 19.7 Å². The van der Waals surface area contributed by atoms with Crippen molar-refractivity contribution in [2.24, 2.45) is 0 Å². The molecule has 7 heteroatoms. The number of ketones is 1. The van der Waals surface area contributed by atoms with Crippen molar-refractivity contribution in [2.75, 3.05) is 5.75 Å². The molecule has 24 heavy (non-hydrogen) atoms. The van der Waals surface area contributed by atoms with Crippen molar-refractivity contribution >= 4 is 28.9 Å². The Morgan fingerprint density at radius 2 is 2.25 bits per heavy atom. The second-order valence-corrected chi connectivity index (χ2v) is 7.98. The lowest BCUT2D eigenvalue weighted by Gasteiger charge is -2.07. The Hall–Kier alpha value is -1.86. The first kappa shape index (κ1) is 15.7. The molecule has 5 nitrogen and oxygen atoms in total. The molecule has 0 amide bonds. The highest BCUT2D eigenvalue weighted by Crippen LogP contribution is 2.41. The van der Waals surface area contributed by atoms with E-state index in [0.717, 1.165) is 45.7 Å². The molecule has 1 aliphatic carbocycles. The molecule has 0 unspecified atom stereocenters. The van der Waals surface area contributed by atoms with Crippen LogP contribution in [-0.2, 0) is 0 Å². The molecule has 0 spiro atoms. The van der Waals surface area contributed by atoms with Crippen molar-refractivity contribution in [3.8, 4) is 10.7 Å². The second-order valence-electron chi connectivity index (χ2n) is 6.09. The highest BCUT2D eigenvalue weighted by atomic mass is 32.2. The van der Waals surface area contributed by atoms with Gasteiger partial charge >= 0.3 is 0 Å². The Bertz CT molecular complexity index is 875. The number of H-pyrrole nitrogens is 1. The van der Waals surface area contributed by atoms with E-state index in [0.29, 0.717) is 11.8 Å². The number of aromatic nitrogens is 4. The van der Waals surface area contributed by atoms with Gasteiger partial charge in [0.15, 0.2) is 16.8 Å². The number of Topliss-reactive ketones (excluding diaryl/α,β-unsaturated/α-hetero) is 1. The Kier molecular flexibility index (Phi) is 4.05. The number of aryl methyl sites for hydroxylation is 2. The van der Waals surface area contributed by atoms with Crippen molar-refractivity contribution in [1.29, 1.82) is 0 Å². The third-order valence-electron chi connectivity index (χ3n) is 4.10. The minimum Gasteiger partial charge on any atom is -0.362 e. The van der Waals surface area contributed by atoms with Gasteiger partial charge in [-0.05, 0) is 44.2 Å². The first-order chi connectivity index (χ1) is 11.6. The van der Waals surface area contributed by atoms with Gasteiger partial charge in [-0.15, -0.1) is 21.5 Å². The van der Waals surface area contributed by atoms with E-state index >= 15 is 0 Å². The van der Waals surface area contributed by atoms with Gasteiger partial charge in [-0.25, -0.2) is 0 Å². The summed E-state index contributed by atoms with van der Waals surface area (Å²) in [5.41, 5.74) is 2.72. The highest BCUT2D eigenvalue weighted by molar-refractivity contribution is 7.99. The predicted molar refractivity (Wildman–Crippen MR) is 96.9 cm³/mol. The molecule has 124 valence electrons. The molecular weight excluding hydrogens is 340 g/mol. The van der Waals surface area contributed by atoms with Gasteiger partial charge in [-0.3, -0.25) is 9.36 Å². The quantitative estimate of drug-likeness (QED) is 0.528. The van der Waals surface area contributed by atoms with Crippen LogP contribution in [0, 0.1) is 13.8 Å². The molecule has 0 aliphatic heterocycles. The summed E-state index contributed by atoms with van der Waals surface area (Å²) in [7, 11) is 0. The van der Waals surface area contributed by atoms with E-state index in [1.165, 1.54) is 11.8 Å².